The zero-order valence-corrected chi connectivity index (χ0v) is 21.7. The van der Waals surface area contributed by atoms with Gasteiger partial charge in [0.05, 0.1) is 18.5 Å². The Morgan fingerprint density at radius 2 is 1.68 bits per heavy atom. The summed E-state index contributed by atoms with van der Waals surface area (Å²) < 4.78 is 5.21. The van der Waals surface area contributed by atoms with E-state index < -0.39 is 0 Å². The van der Waals surface area contributed by atoms with E-state index in [0.717, 1.165) is 30.6 Å². The molecule has 3 aromatic carbocycles. The summed E-state index contributed by atoms with van der Waals surface area (Å²) in [6.07, 6.45) is 3.34. The van der Waals surface area contributed by atoms with Crippen molar-refractivity contribution >= 4 is 29.0 Å². The van der Waals surface area contributed by atoms with Crippen molar-refractivity contribution in [2.45, 2.75) is 25.8 Å². The summed E-state index contributed by atoms with van der Waals surface area (Å²) in [5.74, 6) is 0.334. The van der Waals surface area contributed by atoms with Gasteiger partial charge in [-0.05, 0) is 86.4 Å². The molecule has 4 rings (SSSR count). The number of nitrogens with two attached hydrogens (primary N) is 1. The molecule has 0 aliphatic heterocycles. The maximum Gasteiger partial charge on any atom is 0.322 e. The number of anilines is 3. The fraction of sp³-hybridized carbons (Fsp3) is 0.310. The average molecular weight is 502 g/mol. The number of rotatable bonds is 9. The summed E-state index contributed by atoms with van der Waals surface area (Å²) in [6, 6.07) is 18.4. The third-order valence-corrected chi connectivity index (χ3v) is 6.55. The van der Waals surface area contributed by atoms with Crippen LogP contribution in [0.2, 0.25) is 0 Å². The van der Waals surface area contributed by atoms with Crippen molar-refractivity contribution in [2.75, 3.05) is 50.7 Å². The number of likely N-dealkylation sites (N-methyl/N-ethyl adjacent to an activating group) is 1. The minimum Gasteiger partial charge on any atom is -0.497 e. The van der Waals surface area contributed by atoms with Crippen LogP contribution < -0.4 is 21.1 Å². The molecule has 194 valence electrons. The van der Waals surface area contributed by atoms with Crippen LogP contribution in [0.5, 0.6) is 5.75 Å². The molecular weight excluding hydrogens is 466 g/mol. The van der Waals surface area contributed by atoms with Crippen LogP contribution in [0.4, 0.5) is 21.9 Å². The van der Waals surface area contributed by atoms with Gasteiger partial charge in [-0.1, -0.05) is 18.2 Å². The van der Waals surface area contributed by atoms with E-state index in [1.807, 2.05) is 37.2 Å². The number of carbonyl (C=O) groups is 2. The number of nitrogens with zero attached hydrogens (tertiary/aromatic N) is 2. The fourth-order valence-corrected chi connectivity index (χ4v) is 4.37. The van der Waals surface area contributed by atoms with E-state index in [0.29, 0.717) is 35.8 Å². The Bertz CT molecular complexity index is 1260. The molecule has 8 nitrogen and oxygen atoms in total. The average Bonchev–Trinajstić information content (AvgIpc) is 3.36. The van der Waals surface area contributed by atoms with Crippen molar-refractivity contribution in [3.8, 4) is 5.75 Å². The molecule has 0 spiro atoms. The lowest BCUT2D eigenvalue weighted by Crippen LogP contribution is -2.39. The molecule has 0 bridgehead atoms. The van der Waals surface area contributed by atoms with Crippen molar-refractivity contribution in [1.29, 1.82) is 0 Å². The van der Waals surface area contributed by atoms with Gasteiger partial charge in [-0.2, -0.15) is 0 Å². The van der Waals surface area contributed by atoms with E-state index in [2.05, 4.69) is 22.8 Å². The number of carbonyl (C=O) groups excluding carboxylic acids is 2. The van der Waals surface area contributed by atoms with Gasteiger partial charge in [-0.3, -0.25) is 4.79 Å². The van der Waals surface area contributed by atoms with Crippen molar-refractivity contribution in [2.24, 2.45) is 0 Å². The number of urea groups is 1. The largest absolute Gasteiger partial charge is 0.497 e. The van der Waals surface area contributed by atoms with Crippen LogP contribution in [0.15, 0.2) is 60.7 Å². The minimum atomic E-state index is -0.273. The molecule has 0 heterocycles. The molecule has 0 fully saturated rings. The number of nitrogens with one attached hydrogen (secondary N) is 2. The van der Waals surface area contributed by atoms with Gasteiger partial charge in [-0.25, -0.2) is 4.79 Å². The SMILES string of the molecule is COc1ccc(N)c(NC(=O)c2ccc(CN(CCN(C)C)C(=O)Nc3ccc4c(c3)CCC4)cc2)c1. The Morgan fingerprint density at radius 3 is 2.41 bits per heavy atom. The van der Waals surface area contributed by atoms with Crippen molar-refractivity contribution in [3.63, 3.8) is 0 Å². The van der Waals surface area contributed by atoms with Crippen molar-refractivity contribution < 1.29 is 14.3 Å². The minimum absolute atomic E-state index is 0.143. The van der Waals surface area contributed by atoms with Gasteiger partial charge < -0.3 is 30.9 Å². The van der Waals surface area contributed by atoms with Gasteiger partial charge in [0, 0.05) is 37.0 Å². The standard InChI is InChI=1S/C29H35N5O3/c1-33(2)15-16-34(29(36)31-24-12-11-21-5-4-6-23(21)17-24)19-20-7-9-22(10-8-20)28(35)32-27-18-25(37-3)13-14-26(27)30/h7-14,17-18H,4-6,15-16,19,30H2,1-3H3,(H,31,36)(H,32,35). The van der Waals surface area contributed by atoms with Crippen LogP contribution in [0.25, 0.3) is 0 Å². The molecule has 0 aromatic heterocycles. The number of amides is 3. The van der Waals surface area contributed by atoms with Crippen LogP contribution in [0, 0.1) is 0 Å². The highest BCUT2D eigenvalue weighted by molar-refractivity contribution is 6.05. The molecule has 3 amide bonds. The van der Waals surface area contributed by atoms with E-state index >= 15 is 0 Å². The van der Waals surface area contributed by atoms with Crippen LogP contribution in [0.3, 0.4) is 0 Å². The maximum absolute atomic E-state index is 13.2. The van der Waals surface area contributed by atoms with Crippen LogP contribution in [-0.4, -0.2) is 56.0 Å². The molecule has 3 aromatic rings. The molecule has 0 saturated heterocycles. The fourth-order valence-electron chi connectivity index (χ4n) is 4.37. The second kappa shape index (κ2) is 11.8. The number of aryl methyl sites for hydroxylation is 2. The van der Waals surface area contributed by atoms with E-state index in [4.69, 9.17) is 10.5 Å². The van der Waals surface area contributed by atoms with Gasteiger partial charge in [0.1, 0.15) is 5.75 Å². The Hall–Kier alpha value is -4.04. The lowest BCUT2D eigenvalue weighted by Gasteiger charge is -2.25. The molecule has 8 heteroatoms. The molecule has 0 radical (unpaired) electrons. The number of hydrogen-bond donors (Lipinski definition) is 3. The Balaban J connectivity index is 1.42. The first kappa shape index (κ1) is 26.0. The molecule has 0 atom stereocenters. The number of fused-ring (bicyclic) bond motifs is 1. The van der Waals surface area contributed by atoms with Gasteiger partial charge in [-0.15, -0.1) is 0 Å². The number of hydrogen-bond acceptors (Lipinski definition) is 5. The summed E-state index contributed by atoms with van der Waals surface area (Å²) in [5.41, 5.74) is 11.9. The Labute approximate surface area is 218 Å². The zero-order valence-electron chi connectivity index (χ0n) is 21.7. The first-order valence-electron chi connectivity index (χ1n) is 12.5. The molecule has 0 unspecified atom stereocenters. The zero-order chi connectivity index (χ0) is 26.4. The summed E-state index contributed by atoms with van der Waals surface area (Å²) >= 11 is 0. The topological polar surface area (TPSA) is 99.9 Å². The molecule has 0 saturated carbocycles. The summed E-state index contributed by atoms with van der Waals surface area (Å²) in [5, 5.41) is 5.90. The summed E-state index contributed by atoms with van der Waals surface area (Å²) in [7, 11) is 5.53. The number of benzene rings is 3. The van der Waals surface area contributed by atoms with Crippen molar-refractivity contribution in [1.82, 2.24) is 9.80 Å². The first-order chi connectivity index (χ1) is 17.8. The van der Waals surface area contributed by atoms with E-state index in [9.17, 15) is 9.59 Å². The summed E-state index contributed by atoms with van der Waals surface area (Å²) in [6.45, 7) is 1.73. The van der Waals surface area contributed by atoms with Gasteiger partial charge in [0.15, 0.2) is 0 Å². The predicted molar refractivity (Wildman–Crippen MR) is 148 cm³/mol. The van der Waals surface area contributed by atoms with Gasteiger partial charge in [0.2, 0.25) is 0 Å². The number of ether oxygens (including phenoxy) is 1. The second-order valence-electron chi connectivity index (χ2n) is 9.60. The third-order valence-electron chi connectivity index (χ3n) is 6.55. The summed E-state index contributed by atoms with van der Waals surface area (Å²) in [4.78, 5) is 29.8. The lowest BCUT2D eigenvalue weighted by atomic mass is 10.1. The van der Waals surface area contributed by atoms with E-state index in [1.165, 1.54) is 17.5 Å². The first-order valence-corrected chi connectivity index (χ1v) is 12.5. The Kier molecular flexibility index (Phi) is 8.30. The van der Waals surface area contributed by atoms with Crippen LogP contribution in [0.1, 0.15) is 33.5 Å². The molecule has 37 heavy (non-hydrogen) atoms. The highest BCUT2D eigenvalue weighted by atomic mass is 16.5. The second-order valence-corrected chi connectivity index (χ2v) is 9.60. The molecule has 1 aliphatic carbocycles. The van der Waals surface area contributed by atoms with Gasteiger partial charge >= 0.3 is 6.03 Å². The van der Waals surface area contributed by atoms with Gasteiger partial charge in [0.25, 0.3) is 5.91 Å². The predicted octanol–water partition coefficient (Wildman–Crippen LogP) is 4.61. The number of nitrogen functional groups attached to an aromatic ring is 1. The van der Waals surface area contributed by atoms with E-state index in [1.54, 1.807) is 42.3 Å². The lowest BCUT2D eigenvalue weighted by molar-refractivity contribution is 0.102. The normalized spacial score (nSPS) is 12.2. The quantitative estimate of drug-likeness (QED) is 0.372. The Morgan fingerprint density at radius 1 is 0.919 bits per heavy atom. The van der Waals surface area contributed by atoms with Crippen LogP contribution >= 0.6 is 0 Å². The number of methoxy groups -OCH3 is 1. The van der Waals surface area contributed by atoms with Crippen molar-refractivity contribution in [3.05, 3.63) is 82.9 Å². The molecule has 4 N–H and O–H groups in total. The monoisotopic (exact) mass is 501 g/mol. The third kappa shape index (κ3) is 6.80. The smallest absolute Gasteiger partial charge is 0.322 e. The van der Waals surface area contributed by atoms with Crippen LogP contribution in [-0.2, 0) is 19.4 Å². The highest BCUT2D eigenvalue weighted by Gasteiger charge is 2.17. The molecule has 1 aliphatic rings. The van der Waals surface area contributed by atoms with E-state index in [-0.39, 0.29) is 11.9 Å². The maximum atomic E-state index is 13.2. The molecular formula is C29H35N5O3. The highest BCUT2D eigenvalue weighted by Crippen LogP contribution is 2.26.